The number of hydrogen-bond acceptors (Lipinski definition) is 2. The lowest BCUT2D eigenvalue weighted by atomic mass is 10.1. The van der Waals surface area contributed by atoms with Crippen LogP contribution in [0.25, 0.3) is 0 Å². The van der Waals surface area contributed by atoms with Crippen LogP contribution in [0.5, 0.6) is 0 Å². The van der Waals surface area contributed by atoms with E-state index >= 15 is 0 Å². The number of rotatable bonds is 2. The van der Waals surface area contributed by atoms with Crippen molar-refractivity contribution in [1.82, 2.24) is 4.90 Å². The Morgan fingerprint density at radius 1 is 1.64 bits per heavy atom. The van der Waals surface area contributed by atoms with E-state index in [4.69, 9.17) is 0 Å². The Morgan fingerprint density at radius 3 is 3.18 bits per heavy atom. The van der Waals surface area contributed by atoms with Crippen molar-refractivity contribution in [2.45, 2.75) is 38.3 Å². The number of piperidine rings is 1. The van der Waals surface area contributed by atoms with Gasteiger partial charge in [0.25, 0.3) is 0 Å². The van der Waals surface area contributed by atoms with Crippen molar-refractivity contribution in [2.75, 3.05) is 13.1 Å². The highest BCUT2D eigenvalue weighted by atomic mass is 16.3. The predicted molar refractivity (Wildman–Crippen MR) is 44.4 cm³/mol. The molecule has 0 spiro atoms. The van der Waals surface area contributed by atoms with E-state index in [1.807, 2.05) is 6.92 Å². The Labute approximate surface area is 68.2 Å². The highest BCUT2D eigenvalue weighted by molar-refractivity contribution is 4.98. The lowest BCUT2D eigenvalue weighted by Crippen LogP contribution is -2.36. The molecule has 2 aliphatic rings. The van der Waals surface area contributed by atoms with Crippen molar-refractivity contribution >= 4 is 0 Å². The van der Waals surface area contributed by atoms with E-state index in [-0.39, 0.29) is 6.10 Å². The SMILES string of the molecule is CC(O)CN1CCCC2CC21. The van der Waals surface area contributed by atoms with Gasteiger partial charge in [-0.3, -0.25) is 4.90 Å². The van der Waals surface area contributed by atoms with Crippen LogP contribution in [0, 0.1) is 5.92 Å². The van der Waals surface area contributed by atoms with Gasteiger partial charge in [-0.15, -0.1) is 0 Å². The van der Waals surface area contributed by atoms with E-state index in [1.54, 1.807) is 0 Å². The average molecular weight is 155 g/mol. The molecule has 2 heteroatoms. The zero-order valence-corrected chi connectivity index (χ0v) is 7.16. The Balaban J connectivity index is 1.83. The second kappa shape index (κ2) is 2.76. The van der Waals surface area contributed by atoms with Gasteiger partial charge in [-0.2, -0.15) is 0 Å². The van der Waals surface area contributed by atoms with Crippen molar-refractivity contribution in [3.63, 3.8) is 0 Å². The van der Waals surface area contributed by atoms with Crippen LogP contribution < -0.4 is 0 Å². The fourth-order valence-electron chi connectivity index (χ4n) is 2.28. The number of nitrogens with zero attached hydrogens (tertiary/aromatic N) is 1. The van der Waals surface area contributed by atoms with Crippen molar-refractivity contribution in [2.24, 2.45) is 5.92 Å². The third kappa shape index (κ3) is 1.57. The molecule has 1 saturated heterocycles. The molecule has 64 valence electrons. The van der Waals surface area contributed by atoms with Gasteiger partial charge < -0.3 is 5.11 Å². The number of fused-ring (bicyclic) bond motifs is 1. The van der Waals surface area contributed by atoms with Crippen LogP contribution in [-0.4, -0.2) is 35.2 Å². The number of aliphatic hydroxyl groups excluding tert-OH is 1. The molecule has 1 saturated carbocycles. The molecule has 1 heterocycles. The zero-order chi connectivity index (χ0) is 7.84. The Kier molecular flexibility index (Phi) is 1.90. The summed E-state index contributed by atoms with van der Waals surface area (Å²) in [7, 11) is 0. The lowest BCUT2D eigenvalue weighted by molar-refractivity contribution is 0.107. The molecule has 1 aliphatic heterocycles. The molecule has 2 fully saturated rings. The summed E-state index contributed by atoms with van der Waals surface area (Å²) in [5.74, 6) is 0.988. The maximum Gasteiger partial charge on any atom is 0.0639 e. The Bertz CT molecular complexity index is 146. The fraction of sp³-hybridized carbons (Fsp3) is 1.00. The van der Waals surface area contributed by atoms with Crippen LogP contribution in [0.4, 0.5) is 0 Å². The largest absolute Gasteiger partial charge is 0.392 e. The number of hydrogen-bond donors (Lipinski definition) is 1. The lowest BCUT2D eigenvalue weighted by Gasteiger charge is -2.27. The summed E-state index contributed by atoms with van der Waals surface area (Å²) in [4.78, 5) is 2.46. The molecule has 11 heavy (non-hydrogen) atoms. The van der Waals surface area contributed by atoms with Gasteiger partial charge in [-0.25, -0.2) is 0 Å². The molecule has 1 aliphatic carbocycles. The summed E-state index contributed by atoms with van der Waals surface area (Å²) in [5, 5.41) is 9.20. The summed E-state index contributed by atoms with van der Waals surface area (Å²) >= 11 is 0. The van der Waals surface area contributed by atoms with Gasteiger partial charge >= 0.3 is 0 Å². The minimum Gasteiger partial charge on any atom is -0.392 e. The average Bonchev–Trinajstić information content (AvgIpc) is 2.65. The summed E-state index contributed by atoms with van der Waals surface area (Å²) in [6, 6.07) is 0.846. The second-order valence-electron chi connectivity index (χ2n) is 4.05. The second-order valence-corrected chi connectivity index (χ2v) is 4.05. The zero-order valence-electron chi connectivity index (χ0n) is 7.16. The molecule has 2 rings (SSSR count). The van der Waals surface area contributed by atoms with Crippen LogP contribution in [-0.2, 0) is 0 Å². The van der Waals surface area contributed by atoms with E-state index in [0.29, 0.717) is 0 Å². The van der Waals surface area contributed by atoms with Gasteiger partial charge in [0.15, 0.2) is 0 Å². The van der Waals surface area contributed by atoms with Gasteiger partial charge in [0.05, 0.1) is 6.10 Å². The van der Waals surface area contributed by atoms with Gasteiger partial charge in [0, 0.05) is 12.6 Å². The normalized spacial score (nSPS) is 39.8. The first-order valence-electron chi connectivity index (χ1n) is 4.69. The van der Waals surface area contributed by atoms with E-state index in [0.717, 1.165) is 18.5 Å². The predicted octanol–water partition coefficient (Wildman–Crippen LogP) is 0.852. The van der Waals surface area contributed by atoms with Gasteiger partial charge in [0.1, 0.15) is 0 Å². The third-order valence-corrected chi connectivity index (χ3v) is 2.87. The molecule has 0 bridgehead atoms. The van der Waals surface area contributed by atoms with Crippen LogP contribution in [0.1, 0.15) is 26.2 Å². The molecular formula is C9H17NO. The minimum atomic E-state index is -0.144. The molecule has 0 amide bonds. The standard InChI is InChI=1S/C9H17NO/c1-7(11)6-10-4-2-3-8-5-9(8)10/h7-9,11H,2-6H2,1H3. The fourth-order valence-corrected chi connectivity index (χ4v) is 2.28. The van der Waals surface area contributed by atoms with Crippen molar-refractivity contribution < 1.29 is 5.11 Å². The van der Waals surface area contributed by atoms with Gasteiger partial charge in [0.2, 0.25) is 0 Å². The molecule has 2 nitrogen and oxygen atoms in total. The number of likely N-dealkylation sites (tertiary alicyclic amines) is 1. The molecule has 3 unspecified atom stereocenters. The van der Waals surface area contributed by atoms with E-state index < -0.39 is 0 Å². The highest BCUT2D eigenvalue weighted by Crippen LogP contribution is 2.42. The maximum atomic E-state index is 9.20. The van der Waals surface area contributed by atoms with Crippen LogP contribution >= 0.6 is 0 Å². The summed E-state index contributed by atoms with van der Waals surface area (Å²) in [5.41, 5.74) is 0. The van der Waals surface area contributed by atoms with Crippen molar-refractivity contribution in [3.8, 4) is 0 Å². The maximum absolute atomic E-state index is 9.20. The quantitative estimate of drug-likeness (QED) is 0.639. The molecule has 0 radical (unpaired) electrons. The summed E-state index contributed by atoms with van der Waals surface area (Å²) < 4.78 is 0. The van der Waals surface area contributed by atoms with Crippen LogP contribution in [0.15, 0.2) is 0 Å². The van der Waals surface area contributed by atoms with Crippen molar-refractivity contribution in [3.05, 3.63) is 0 Å². The van der Waals surface area contributed by atoms with Crippen molar-refractivity contribution in [1.29, 1.82) is 0 Å². The molecule has 0 aromatic heterocycles. The third-order valence-electron chi connectivity index (χ3n) is 2.87. The van der Waals surface area contributed by atoms with E-state index in [1.165, 1.54) is 25.8 Å². The van der Waals surface area contributed by atoms with Crippen LogP contribution in [0.2, 0.25) is 0 Å². The molecular weight excluding hydrogens is 138 g/mol. The summed E-state index contributed by atoms with van der Waals surface area (Å²) in [6.45, 7) is 3.99. The monoisotopic (exact) mass is 155 g/mol. The molecule has 1 N–H and O–H groups in total. The first-order chi connectivity index (χ1) is 5.27. The van der Waals surface area contributed by atoms with Crippen LogP contribution in [0.3, 0.4) is 0 Å². The first-order valence-corrected chi connectivity index (χ1v) is 4.69. The number of aliphatic hydroxyl groups is 1. The Hall–Kier alpha value is -0.0800. The smallest absolute Gasteiger partial charge is 0.0639 e. The summed E-state index contributed by atoms with van der Waals surface area (Å²) in [6.07, 6.45) is 4.02. The topological polar surface area (TPSA) is 23.5 Å². The van der Waals surface area contributed by atoms with Gasteiger partial charge in [-0.05, 0) is 38.6 Å². The van der Waals surface area contributed by atoms with Gasteiger partial charge in [-0.1, -0.05) is 0 Å². The molecule has 3 atom stereocenters. The number of β-amino-alcohol motifs (C(OH)–C–C–N with tert-alkyl or cyclic N) is 1. The minimum absolute atomic E-state index is 0.144. The van der Waals surface area contributed by atoms with E-state index in [9.17, 15) is 5.11 Å². The molecule has 0 aromatic carbocycles. The van der Waals surface area contributed by atoms with E-state index in [2.05, 4.69) is 4.90 Å². The highest BCUT2D eigenvalue weighted by Gasteiger charge is 2.43. The Morgan fingerprint density at radius 2 is 2.45 bits per heavy atom. The molecule has 0 aromatic rings. The first kappa shape index (κ1) is 7.56.